The SMILES string of the molecule is CCC[C@@H](Oc1ccc(Cl)cc1)[C@@H]1CCNC1. The fraction of sp³-hybridized carbons (Fsp3) is 0.571. The number of halogens is 1. The van der Waals surface area contributed by atoms with E-state index in [1.54, 1.807) is 0 Å². The molecular weight excluding hydrogens is 234 g/mol. The smallest absolute Gasteiger partial charge is 0.119 e. The Kier molecular flexibility index (Phi) is 4.69. The molecule has 0 radical (unpaired) electrons. The number of benzene rings is 1. The summed E-state index contributed by atoms with van der Waals surface area (Å²) in [7, 11) is 0. The van der Waals surface area contributed by atoms with Crippen LogP contribution in [0, 0.1) is 5.92 Å². The fourth-order valence-corrected chi connectivity index (χ4v) is 2.48. The Morgan fingerprint density at radius 3 is 2.76 bits per heavy atom. The van der Waals surface area contributed by atoms with E-state index in [1.807, 2.05) is 24.3 Å². The molecule has 1 heterocycles. The topological polar surface area (TPSA) is 21.3 Å². The summed E-state index contributed by atoms with van der Waals surface area (Å²) in [6.07, 6.45) is 3.83. The maximum atomic E-state index is 6.10. The van der Waals surface area contributed by atoms with Crippen LogP contribution < -0.4 is 10.1 Å². The molecule has 0 aromatic heterocycles. The van der Waals surface area contributed by atoms with E-state index in [0.29, 0.717) is 12.0 Å². The predicted molar refractivity (Wildman–Crippen MR) is 71.8 cm³/mol. The Balaban J connectivity index is 1.98. The summed E-state index contributed by atoms with van der Waals surface area (Å²) in [6.45, 7) is 4.41. The van der Waals surface area contributed by atoms with Gasteiger partial charge >= 0.3 is 0 Å². The van der Waals surface area contributed by atoms with Crippen molar-refractivity contribution in [3.05, 3.63) is 29.3 Å². The summed E-state index contributed by atoms with van der Waals surface area (Å²) in [5, 5.41) is 4.16. The summed E-state index contributed by atoms with van der Waals surface area (Å²) in [6, 6.07) is 7.67. The summed E-state index contributed by atoms with van der Waals surface area (Å²) in [4.78, 5) is 0. The van der Waals surface area contributed by atoms with Gasteiger partial charge in [0.2, 0.25) is 0 Å². The summed E-state index contributed by atoms with van der Waals surface area (Å²) >= 11 is 5.87. The zero-order valence-corrected chi connectivity index (χ0v) is 11.0. The Labute approximate surface area is 108 Å². The molecule has 1 fully saturated rings. The molecule has 1 N–H and O–H groups in total. The van der Waals surface area contributed by atoms with Crippen molar-refractivity contribution in [1.82, 2.24) is 5.32 Å². The molecule has 1 aromatic carbocycles. The second-order valence-electron chi connectivity index (χ2n) is 4.65. The van der Waals surface area contributed by atoms with Crippen molar-refractivity contribution in [2.75, 3.05) is 13.1 Å². The van der Waals surface area contributed by atoms with Crippen molar-refractivity contribution in [2.24, 2.45) is 5.92 Å². The van der Waals surface area contributed by atoms with Crippen LogP contribution in [0.3, 0.4) is 0 Å². The van der Waals surface area contributed by atoms with E-state index < -0.39 is 0 Å². The first-order valence-corrected chi connectivity index (χ1v) is 6.80. The van der Waals surface area contributed by atoms with Crippen molar-refractivity contribution in [2.45, 2.75) is 32.3 Å². The first-order chi connectivity index (χ1) is 8.29. The molecule has 17 heavy (non-hydrogen) atoms. The number of rotatable bonds is 5. The highest BCUT2D eigenvalue weighted by atomic mass is 35.5. The van der Waals surface area contributed by atoms with Gasteiger partial charge in [0, 0.05) is 17.5 Å². The molecule has 2 nitrogen and oxygen atoms in total. The van der Waals surface area contributed by atoms with Crippen LogP contribution >= 0.6 is 11.6 Å². The van der Waals surface area contributed by atoms with Crippen molar-refractivity contribution >= 4 is 11.6 Å². The quantitative estimate of drug-likeness (QED) is 0.867. The minimum Gasteiger partial charge on any atom is -0.490 e. The standard InChI is InChI=1S/C14H20ClNO/c1-2-3-14(11-8-9-16-10-11)17-13-6-4-12(15)5-7-13/h4-7,11,14,16H,2-3,8-10H2,1H3/t11-,14-/m1/s1. The highest BCUT2D eigenvalue weighted by Crippen LogP contribution is 2.24. The normalized spacial score (nSPS) is 21.4. The van der Waals surface area contributed by atoms with Gasteiger partial charge in [-0.05, 0) is 43.7 Å². The molecule has 1 aromatic rings. The van der Waals surface area contributed by atoms with E-state index in [9.17, 15) is 0 Å². The summed E-state index contributed by atoms with van der Waals surface area (Å²) in [5.74, 6) is 1.57. The first-order valence-electron chi connectivity index (χ1n) is 6.42. The van der Waals surface area contributed by atoms with E-state index in [4.69, 9.17) is 16.3 Å². The van der Waals surface area contributed by atoms with Crippen molar-refractivity contribution < 1.29 is 4.74 Å². The van der Waals surface area contributed by atoms with Crippen LogP contribution in [-0.2, 0) is 0 Å². The number of hydrogen-bond donors (Lipinski definition) is 1. The lowest BCUT2D eigenvalue weighted by Crippen LogP contribution is -2.28. The maximum absolute atomic E-state index is 6.10. The van der Waals surface area contributed by atoms with Crippen LogP contribution in [0.2, 0.25) is 5.02 Å². The van der Waals surface area contributed by atoms with Gasteiger partial charge in [0.15, 0.2) is 0 Å². The maximum Gasteiger partial charge on any atom is 0.119 e. The molecule has 0 amide bonds. The first kappa shape index (κ1) is 12.7. The zero-order valence-electron chi connectivity index (χ0n) is 10.3. The van der Waals surface area contributed by atoms with Crippen molar-refractivity contribution in [1.29, 1.82) is 0 Å². The highest BCUT2D eigenvalue weighted by Gasteiger charge is 2.25. The third-order valence-corrected chi connectivity index (χ3v) is 3.55. The molecule has 94 valence electrons. The molecule has 1 aliphatic heterocycles. The molecule has 0 bridgehead atoms. The van der Waals surface area contributed by atoms with Gasteiger partial charge in [-0.25, -0.2) is 0 Å². The minimum absolute atomic E-state index is 0.330. The van der Waals surface area contributed by atoms with Crippen LogP contribution in [-0.4, -0.2) is 19.2 Å². The van der Waals surface area contributed by atoms with Gasteiger partial charge < -0.3 is 10.1 Å². The zero-order chi connectivity index (χ0) is 12.1. The largest absolute Gasteiger partial charge is 0.490 e. The molecule has 3 heteroatoms. The molecule has 0 saturated carbocycles. The average molecular weight is 254 g/mol. The third kappa shape index (κ3) is 3.62. The van der Waals surface area contributed by atoms with Gasteiger partial charge in [-0.15, -0.1) is 0 Å². The Morgan fingerprint density at radius 2 is 2.18 bits per heavy atom. The fourth-order valence-electron chi connectivity index (χ4n) is 2.36. The van der Waals surface area contributed by atoms with Gasteiger partial charge in [0.1, 0.15) is 11.9 Å². The molecular formula is C14H20ClNO. The van der Waals surface area contributed by atoms with Gasteiger partial charge in [0.25, 0.3) is 0 Å². The van der Waals surface area contributed by atoms with E-state index in [1.165, 1.54) is 6.42 Å². The molecule has 0 unspecified atom stereocenters. The summed E-state index contributed by atoms with van der Waals surface area (Å²) in [5.41, 5.74) is 0. The van der Waals surface area contributed by atoms with Crippen LogP contribution in [0.1, 0.15) is 26.2 Å². The van der Waals surface area contributed by atoms with Gasteiger partial charge in [-0.3, -0.25) is 0 Å². The highest BCUT2D eigenvalue weighted by molar-refractivity contribution is 6.30. The van der Waals surface area contributed by atoms with Crippen molar-refractivity contribution in [3.8, 4) is 5.75 Å². The number of ether oxygens (including phenoxy) is 1. The number of nitrogens with one attached hydrogen (secondary N) is 1. The second-order valence-corrected chi connectivity index (χ2v) is 5.09. The Hall–Kier alpha value is -0.730. The third-order valence-electron chi connectivity index (χ3n) is 3.30. The monoisotopic (exact) mass is 253 g/mol. The molecule has 2 atom stereocenters. The summed E-state index contributed by atoms with van der Waals surface area (Å²) < 4.78 is 6.10. The molecule has 0 aliphatic carbocycles. The molecule has 0 spiro atoms. The van der Waals surface area contributed by atoms with E-state index in [0.717, 1.165) is 36.7 Å². The molecule has 1 aliphatic rings. The molecule has 1 saturated heterocycles. The van der Waals surface area contributed by atoms with Crippen molar-refractivity contribution in [3.63, 3.8) is 0 Å². The van der Waals surface area contributed by atoms with Crippen LogP contribution in [0.25, 0.3) is 0 Å². The lowest BCUT2D eigenvalue weighted by molar-refractivity contribution is 0.132. The molecule has 2 rings (SSSR count). The van der Waals surface area contributed by atoms with Gasteiger partial charge in [0.05, 0.1) is 0 Å². The lowest BCUT2D eigenvalue weighted by Gasteiger charge is -2.24. The second kappa shape index (κ2) is 6.27. The lowest BCUT2D eigenvalue weighted by atomic mass is 9.97. The Bertz CT molecular complexity index is 333. The van der Waals surface area contributed by atoms with Crippen LogP contribution in [0.4, 0.5) is 0 Å². The Morgan fingerprint density at radius 1 is 1.41 bits per heavy atom. The number of hydrogen-bond acceptors (Lipinski definition) is 2. The minimum atomic E-state index is 0.330. The average Bonchev–Trinajstić information content (AvgIpc) is 2.85. The van der Waals surface area contributed by atoms with Gasteiger partial charge in [-0.1, -0.05) is 24.9 Å². The van der Waals surface area contributed by atoms with Crippen LogP contribution in [0.5, 0.6) is 5.75 Å². The van der Waals surface area contributed by atoms with E-state index >= 15 is 0 Å². The van der Waals surface area contributed by atoms with E-state index in [2.05, 4.69) is 12.2 Å². The predicted octanol–water partition coefficient (Wildman–Crippen LogP) is 3.50. The van der Waals surface area contributed by atoms with Crippen LogP contribution in [0.15, 0.2) is 24.3 Å². The van der Waals surface area contributed by atoms with Gasteiger partial charge in [-0.2, -0.15) is 0 Å². The van der Waals surface area contributed by atoms with E-state index in [-0.39, 0.29) is 0 Å².